The number of phenols is 3. The molecule has 18 heavy (non-hydrogen) atoms. The van der Waals surface area contributed by atoms with Crippen molar-refractivity contribution >= 4 is 17.7 Å². The van der Waals surface area contributed by atoms with Crippen LogP contribution in [0.1, 0.15) is 6.92 Å². The van der Waals surface area contributed by atoms with Gasteiger partial charge < -0.3 is 31.1 Å². The minimum absolute atomic E-state index is 0.00195. The summed E-state index contributed by atoms with van der Waals surface area (Å²) in [6.45, 7) is 1.27. The summed E-state index contributed by atoms with van der Waals surface area (Å²) in [5, 5.41) is 40.3. The number of benzene rings is 1. The fourth-order valence-corrected chi connectivity index (χ4v) is 1.10. The molecule has 1 aromatic carbocycles. The lowest BCUT2D eigenvalue weighted by atomic mass is 10.2. The van der Waals surface area contributed by atoms with E-state index < -0.39 is 35.3 Å². The third-order valence-electron chi connectivity index (χ3n) is 2.05. The Morgan fingerprint density at radius 1 is 1.17 bits per heavy atom. The van der Waals surface area contributed by atoms with Gasteiger partial charge >= 0.3 is 12.0 Å². The number of hydrogen-bond acceptors (Lipinski definition) is 5. The van der Waals surface area contributed by atoms with Crippen LogP contribution in [-0.4, -0.2) is 38.5 Å². The number of hydrogen-bond donors (Lipinski definition) is 6. The quantitative estimate of drug-likeness (QED) is 0.341. The zero-order valence-electron chi connectivity index (χ0n) is 9.34. The van der Waals surface area contributed by atoms with Crippen LogP contribution in [0.25, 0.3) is 0 Å². The summed E-state index contributed by atoms with van der Waals surface area (Å²) in [6, 6.07) is 0.0823. The highest BCUT2D eigenvalue weighted by Crippen LogP contribution is 2.37. The smallest absolute Gasteiger partial charge is 0.325 e. The lowest BCUT2D eigenvalue weighted by Crippen LogP contribution is -2.40. The first-order chi connectivity index (χ1) is 8.31. The van der Waals surface area contributed by atoms with Crippen LogP contribution in [0.2, 0.25) is 0 Å². The zero-order chi connectivity index (χ0) is 13.9. The Hall–Kier alpha value is -2.64. The Bertz CT molecular complexity index is 464. The molecule has 0 aliphatic carbocycles. The number of amides is 2. The summed E-state index contributed by atoms with van der Waals surface area (Å²) in [4.78, 5) is 21.8. The molecule has 8 heteroatoms. The molecule has 1 unspecified atom stereocenters. The molecule has 2 amide bonds. The van der Waals surface area contributed by atoms with Gasteiger partial charge in [-0.3, -0.25) is 4.79 Å². The first kappa shape index (κ1) is 13.4. The summed E-state index contributed by atoms with van der Waals surface area (Å²) >= 11 is 0. The Labute approximate surface area is 101 Å². The predicted octanol–water partition coefficient (Wildman–Crippen LogP) is 0.398. The molecule has 0 aliphatic rings. The van der Waals surface area contributed by atoms with Gasteiger partial charge in [0.2, 0.25) is 0 Å². The fourth-order valence-electron chi connectivity index (χ4n) is 1.10. The standard InChI is InChI=1S/C10H12N2O6/c1-4(9(16)17)11-10(18)12-5-2-6(13)8(15)7(14)3-5/h2-4,13-15H,1H3,(H,16,17)(H2,11,12,18). The molecule has 0 aromatic heterocycles. The van der Waals surface area contributed by atoms with Crippen LogP contribution in [-0.2, 0) is 4.79 Å². The van der Waals surface area contributed by atoms with Crippen LogP contribution in [0.15, 0.2) is 12.1 Å². The maximum absolute atomic E-state index is 11.3. The van der Waals surface area contributed by atoms with E-state index in [4.69, 9.17) is 10.2 Å². The van der Waals surface area contributed by atoms with E-state index >= 15 is 0 Å². The third kappa shape index (κ3) is 3.17. The molecule has 8 nitrogen and oxygen atoms in total. The molecular weight excluding hydrogens is 244 g/mol. The number of rotatable bonds is 3. The molecule has 6 N–H and O–H groups in total. The SMILES string of the molecule is CC(NC(=O)Nc1cc(O)c(O)c(O)c1)C(=O)O. The minimum Gasteiger partial charge on any atom is -0.504 e. The molecule has 0 aliphatic heterocycles. The summed E-state index contributed by atoms with van der Waals surface area (Å²) in [5.41, 5.74) is -0.00195. The van der Waals surface area contributed by atoms with Crippen molar-refractivity contribution in [3.63, 3.8) is 0 Å². The van der Waals surface area contributed by atoms with E-state index in [1.165, 1.54) is 6.92 Å². The fraction of sp³-hybridized carbons (Fsp3) is 0.200. The number of carboxylic acid groups (broad SMARTS) is 1. The monoisotopic (exact) mass is 256 g/mol. The van der Waals surface area contributed by atoms with Crippen molar-refractivity contribution in [2.24, 2.45) is 0 Å². The largest absolute Gasteiger partial charge is 0.504 e. The molecular formula is C10H12N2O6. The van der Waals surface area contributed by atoms with E-state index in [1.807, 2.05) is 0 Å². The van der Waals surface area contributed by atoms with E-state index in [0.29, 0.717) is 0 Å². The summed E-state index contributed by atoms with van der Waals surface area (Å²) in [6.07, 6.45) is 0. The second-order valence-corrected chi connectivity index (χ2v) is 3.52. The van der Waals surface area contributed by atoms with E-state index in [2.05, 4.69) is 10.6 Å². The number of nitrogens with one attached hydrogen (secondary N) is 2. The topological polar surface area (TPSA) is 139 Å². The van der Waals surface area contributed by atoms with Gasteiger partial charge in [0.05, 0.1) is 5.69 Å². The molecule has 98 valence electrons. The van der Waals surface area contributed by atoms with Gasteiger partial charge in [-0.2, -0.15) is 0 Å². The second-order valence-electron chi connectivity index (χ2n) is 3.52. The number of aromatic hydroxyl groups is 3. The van der Waals surface area contributed by atoms with E-state index in [-0.39, 0.29) is 5.69 Å². The van der Waals surface area contributed by atoms with Crippen LogP contribution in [0.3, 0.4) is 0 Å². The number of urea groups is 1. The van der Waals surface area contributed by atoms with Crippen LogP contribution in [0.4, 0.5) is 10.5 Å². The van der Waals surface area contributed by atoms with Crippen molar-refractivity contribution in [2.75, 3.05) is 5.32 Å². The number of carbonyl (C=O) groups excluding carboxylic acids is 1. The molecule has 0 heterocycles. The second kappa shape index (κ2) is 5.13. The predicted molar refractivity (Wildman–Crippen MR) is 60.7 cm³/mol. The first-order valence-corrected chi connectivity index (χ1v) is 4.86. The maximum Gasteiger partial charge on any atom is 0.325 e. The first-order valence-electron chi connectivity index (χ1n) is 4.86. The van der Waals surface area contributed by atoms with E-state index in [0.717, 1.165) is 12.1 Å². The number of carboxylic acids is 1. The molecule has 0 radical (unpaired) electrons. The average molecular weight is 256 g/mol. The van der Waals surface area contributed by atoms with Crippen molar-refractivity contribution in [3.8, 4) is 17.2 Å². The van der Waals surface area contributed by atoms with Gasteiger partial charge in [-0.1, -0.05) is 0 Å². The van der Waals surface area contributed by atoms with Gasteiger partial charge in [-0.15, -0.1) is 0 Å². The maximum atomic E-state index is 11.3. The van der Waals surface area contributed by atoms with Crippen LogP contribution < -0.4 is 10.6 Å². The lowest BCUT2D eigenvalue weighted by Gasteiger charge is -2.11. The van der Waals surface area contributed by atoms with Crippen molar-refractivity contribution in [1.82, 2.24) is 5.32 Å². The third-order valence-corrected chi connectivity index (χ3v) is 2.05. The molecule has 1 atom stereocenters. The summed E-state index contributed by atoms with van der Waals surface area (Å²) in [5.74, 6) is -3.14. The lowest BCUT2D eigenvalue weighted by molar-refractivity contribution is -0.138. The van der Waals surface area contributed by atoms with Gasteiger partial charge in [-0.25, -0.2) is 4.79 Å². The Morgan fingerprint density at radius 3 is 2.11 bits per heavy atom. The highest BCUT2D eigenvalue weighted by atomic mass is 16.4. The van der Waals surface area contributed by atoms with Crippen molar-refractivity contribution < 1.29 is 30.0 Å². The zero-order valence-corrected chi connectivity index (χ0v) is 9.34. The highest BCUT2D eigenvalue weighted by molar-refractivity contribution is 5.92. The minimum atomic E-state index is -1.21. The van der Waals surface area contributed by atoms with Gasteiger partial charge in [0, 0.05) is 12.1 Å². The number of phenolic OH excluding ortho intramolecular Hbond substituents is 3. The Kier molecular flexibility index (Phi) is 3.82. The van der Waals surface area contributed by atoms with E-state index in [1.54, 1.807) is 0 Å². The van der Waals surface area contributed by atoms with Crippen LogP contribution >= 0.6 is 0 Å². The van der Waals surface area contributed by atoms with Crippen LogP contribution in [0, 0.1) is 0 Å². The molecule has 1 aromatic rings. The van der Waals surface area contributed by atoms with Crippen molar-refractivity contribution in [2.45, 2.75) is 13.0 Å². The molecule has 0 spiro atoms. The van der Waals surface area contributed by atoms with Gasteiger partial charge in [0.25, 0.3) is 0 Å². The molecule has 0 saturated carbocycles. The van der Waals surface area contributed by atoms with E-state index in [9.17, 15) is 19.8 Å². The van der Waals surface area contributed by atoms with Gasteiger partial charge in [0.1, 0.15) is 6.04 Å². The number of anilines is 1. The molecule has 0 saturated heterocycles. The molecule has 1 rings (SSSR count). The van der Waals surface area contributed by atoms with Crippen molar-refractivity contribution in [3.05, 3.63) is 12.1 Å². The Balaban J connectivity index is 2.74. The summed E-state index contributed by atoms with van der Waals surface area (Å²) < 4.78 is 0. The normalized spacial score (nSPS) is 11.6. The number of aliphatic carboxylic acids is 1. The molecule has 0 bridgehead atoms. The van der Waals surface area contributed by atoms with Crippen LogP contribution in [0.5, 0.6) is 17.2 Å². The number of carbonyl (C=O) groups is 2. The highest BCUT2D eigenvalue weighted by Gasteiger charge is 2.15. The molecule has 0 fully saturated rings. The average Bonchev–Trinajstić information content (AvgIpc) is 2.25. The van der Waals surface area contributed by atoms with Crippen molar-refractivity contribution in [1.29, 1.82) is 0 Å². The summed E-state index contributed by atoms with van der Waals surface area (Å²) in [7, 11) is 0. The Morgan fingerprint density at radius 2 is 1.67 bits per heavy atom. The van der Waals surface area contributed by atoms with Gasteiger partial charge in [-0.05, 0) is 6.92 Å². The van der Waals surface area contributed by atoms with Gasteiger partial charge in [0.15, 0.2) is 17.2 Å².